The highest BCUT2D eigenvalue weighted by molar-refractivity contribution is 5.61. The summed E-state index contributed by atoms with van der Waals surface area (Å²) in [7, 11) is 1.79. The van der Waals surface area contributed by atoms with Crippen molar-refractivity contribution in [2.45, 2.75) is 13.8 Å². The number of benzene rings is 1. The maximum atomic E-state index is 13.9. The van der Waals surface area contributed by atoms with Crippen LogP contribution in [0.15, 0.2) is 30.5 Å². The SMILES string of the molecule is CCNc1ncc(F)c(N(C)c2cccc(C)c2)n1. The predicted molar refractivity (Wildman–Crippen MR) is 75.4 cm³/mol. The van der Waals surface area contributed by atoms with E-state index >= 15 is 0 Å². The number of hydrogen-bond donors (Lipinski definition) is 1. The van der Waals surface area contributed by atoms with Crippen molar-refractivity contribution in [1.29, 1.82) is 0 Å². The molecule has 0 aliphatic carbocycles. The quantitative estimate of drug-likeness (QED) is 0.917. The molecule has 1 heterocycles. The van der Waals surface area contributed by atoms with Gasteiger partial charge in [0, 0.05) is 19.3 Å². The number of aromatic nitrogens is 2. The minimum Gasteiger partial charge on any atom is -0.354 e. The second-order valence-electron chi connectivity index (χ2n) is 4.29. The van der Waals surface area contributed by atoms with Crippen LogP contribution in [0.5, 0.6) is 0 Å². The number of rotatable bonds is 4. The van der Waals surface area contributed by atoms with Crippen LogP contribution in [0.4, 0.5) is 21.8 Å². The molecular formula is C14H17FN4. The zero-order valence-corrected chi connectivity index (χ0v) is 11.3. The van der Waals surface area contributed by atoms with Gasteiger partial charge in [-0.05, 0) is 31.5 Å². The maximum absolute atomic E-state index is 13.9. The van der Waals surface area contributed by atoms with Crippen molar-refractivity contribution in [3.8, 4) is 0 Å². The molecule has 0 radical (unpaired) electrons. The van der Waals surface area contributed by atoms with Crippen LogP contribution in [0.3, 0.4) is 0 Å². The molecule has 0 atom stereocenters. The monoisotopic (exact) mass is 260 g/mol. The first-order valence-electron chi connectivity index (χ1n) is 6.18. The fourth-order valence-corrected chi connectivity index (χ4v) is 1.80. The molecule has 1 aromatic carbocycles. The van der Waals surface area contributed by atoms with Crippen molar-refractivity contribution >= 4 is 17.5 Å². The molecule has 0 saturated heterocycles. The molecule has 1 aromatic heterocycles. The number of nitrogens with zero attached hydrogens (tertiary/aromatic N) is 3. The topological polar surface area (TPSA) is 41.1 Å². The molecule has 4 nitrogen and oxygen atoms in total. The van der Waals surface area contributed by atoms with Gasteiger partial charge in [0.05, 0.1) is 6.20 Å². The Kier molecular flexibility index (Phi) is 3.94. The van der Waals surface area contributed by atoms with E-state index in [-0.39, 0.29) is 5.82 Å². The molecule has 100 valence electrons. The summed E-state index contributed by atoms with van der Waals surface area (Å²) < 4.78 is 13.9. The Labute approximate surface area is 112 Å². The third-order valence-electron chi connectivity index (χ3n) is 2.77. The van der Waals surface area contributed by atoms with Crippen LogP contribution in [-0.2, 0) is 0 Å². The molecular weight excluding hydrogens is 243 g/mol. The Morgan fingerprint density at radius 1 is 1.37 bits per heavy atom. The second-order valence-corrected chi connectivity index (χ2v) is 4.29. The first-order valence-corrected chi connectivity index (χ1v) is 6.18. The fourth-order valence-electron chi connectivity index (χ4n) is 1.80. The van der Waals surface area contributed by atoms with Crippen LogP contribution in [0.1, 0.15) is 12.5 Å². The molecule has 2 aromatic rings. The fraction of sp³-hybridized carbons (Fsp3) is 0.286. The van der Waals surface area contributed by atoms with Gasteiger partial charge in [0.1, 0.15) is 0 Å². The third kappa shape index (κ3) is 2.99. The molecule has 0 aliphatic heterocycles. The van der Waals surface area contributed by atoms with E-state index in [0.29, 0.717) is 12.5 Å². The van der Waals surface area contributed by atoms with Crippen molar-refractivity contribution in [1.82, 2.24) is 9.97 Å². The van der Waals surface area contributed by atoms with Crippen molar-refractivity contribution < 1.29 is 4.39 Å². The number of aryl methyl sites for hydroxylation is 1. The summed E-state index contributed by atoms with van der Waals surface area (Å²) >= 11 is 0. The lowest BCUT2D eigenvalue weighted by Crippen LogP contribution is -2.15. The minimum atomic E-state index is -0.439. The van der Waals surface area contributed by atoms with E-state index < -0.39 is 5.82 Å². The van der Waals surface area contributed by atoms with Crippen LogP contribution in [0, 0.1) is 12.7 Å². The van der Waals surface area contributed by atoms with Crippen LogP contribution in [0.2, 0.25) is 0 Å². The van der Waals surface area contributed by atoms with Gasteiger partial charge >= 0.3 is 0 Å². The minimum absolute atomic E-state index is 0.261. The molecule has 0 bridgehead atoms. The van der Waals surface area contributed by atoms with Crippen LogP contribution in [0.25, 0.3) is 0 Å². The van der Waals surface area contributed by atoms with E-state index in [4.69, 9.17) is 0 Å². The summed E-state index contributed by atoms with van der Waals surface area (Å²) in [6.07, 6.45) is 1.19. The highest BCUT2D eigenvalue weighted by atomic mass is 19.1. The van der Waals surface area contributed by atoms with Gasteiger partial charge in [-0.25, -0.2) is 9.37 Å². The zero-order chi connectivity index (χ0) is 13.8. The first kappa shape index (κ1) is 13.3. The number of anilines is 3. The Bertz CT molecular complexity index is 571. The van der Waals surface area contributed by atoms with E-state index in [1.165, 1.54) is 6.20 Å². The Balaban J connectivity index is 2.37. The van der Waals surface area contributed by atoms with Gasteiger partial charge in [0.15, 0.2) is 11.6 Å². The molecule has 5 heteroatoms. The van der Waals surface area contributed by atoms with Gasteiger partial charge in [-0.2, -0.15) is 4.98 Å². The van der Waals surface area contributed by atoms with Crippen molar-refractivity contribution in [3.05, 3.63) is 41.8 Å². The van der Waals surface area contributed by atoms with Gasteiger partial charge in [0.2, 0.25) is 5.95 Å². The lowest BCUT2D eigenvalue weighted by atomic mass is 10.2. The lowest BCUT2D eigenvalue weighted by molar-refractivity contribution is 0.614. The van der Waals surface area contributed by atoms with Gasteiger partial charge in [0.25, 0.3) is 0 Å². The second kappa shape index (κ2) is 5.65. The molecule has 1 N–H and O–H groups in total. The molecule has 0 fully saturated rings. The summed E-state index contributed by atoms with van der Waals surface area (Å²) in [6, 6.07) is 7.83. The average Bonchev–Trinajstić information content (AvgIpc) is 2.40. The van der Waals surface area contributed by atoms with Gasteiger partial charge in [-0.15, -0.1) is 0 Å². The molecule has 0 spiro atoms. The van der Waals surface area contributed by atoms with Gasteiger partial charge in [-0.1, -0.05) is 12.1 Å². The summed E-state index contributed by atoms with van der Waals surface area (Å²) in [6.45, 7) is 4.63. The van der Waals surface area contributed by atoms with Gasteiger partial charge in [-0.3, -0.25) is 0 Å². The average molecular weight is 260 g/mol. The summed E-state index contributed by atoms with van der Waals surface area (Å²) in [4.78, 5) is 9.81. The third-order valence-corrected chi connectivity index (χ3v) is 2.77. The van der Waals surface area contributed by atoms with Crippen LogP contribution >= 0.6 is 0 Å². The summed E-state index contributed by atoms with van der Waals surface area (Å²) in [5.74, 6) is 0.251. The number of hydrogen-bond acceptors (Lipinski definition) is 4. The Morgan fingerprint density at radius 3 is 2.84 bits per heavy atom. The molecule has 19 heavy (non-hydrogen) atoms. The van der Waals surface area contributed by atoms with Gasteiger partial charge < -0.3 is 10.2 Å². The standard InChI is InChI=1S/C14H17FN4/c1-4-16-14-17-9-12(15)13(18-14)19(3)11-7-5-6-10(2)8-11/h5-9H,4H2,1-3H3,(H,16,17,18). The summed E-state index contributed by atoms with van der Waals surface area (Å²) in [5, 5.41) is 2.98. The smallest absolute Gasteiger partial charge is 0.224 e. The van der Waals surface area contributed by atoms with E-state index in [0.717, 1.165) is 11.3 Å². The molecule has 2 rings (SSSR count). The predicted octanol–water partition coefficient (Wildman–Crippen LogP) is 3.12. The van der Waals surface area contributed by atoms with E-state index in [2.05, 4.69) is 15.3 Å². The van der Waals surface area contributed by atoms with E-state index in [1.807, 2.05) is 38.1 Å². The number of halogens is 1. The highest BCUT2D eigenvalue weighted by Gasteiger charge is 2.13. The Hall–Kier alpha value is -2.17. The normalized spacial score (nSPS) is 10.3. The lowest BCUT2D eigenvalue weighted by Gasteiger charge is -2.19. The largest absolute Gasteiger partial charge is 0.354 e. The zero-order valence-electron chi connectivity index (χ0n) is 11.3. The maximum Gasteiger partial charge on any atom is 0.224 e. The molecule has 0 saturated carbocycles. The number of nitrogens with one attached hydrogen (secondary N) is 1. The molecule has 0 aliphatic rings. The first-order chi connectivity index (χ1) is 9.11. The highest BCUT2D eigenvalue weighted by Crippen LogP contribution is 2.25. The molecule has 0 amide bonds. The summed E-state index contributed by atoms with van der Waals surface area (Å²) in [5.41, 5.74) is 2.01. The van der Waals surface area contributed by atoms with Crippen molar-refractivity contribution in [2.24, 2.45) is 0 Å². The van der Waals surface area contributed by atoms with Crippen LogP contribution < -0.4 is 10.2 Å². The Morgan fingerprint density at radius 2 is 2.16 bits per heavy atom. The van der Waals surface area contributed by atoms with Crippen molar-refractivity contribution in [2.75, 3.05) is 23.8 Å². The molecule has 0 unspecified atom stereocenters. The van der Waals surface area contributed by atoms with Crippen molar-refractivity contribution in [3.63, 3.8) is 0 Å². The van der Waals surface area contributed by atoms with Crippen LogP contribution in [-0.4, -0.2) is 23.6 Å². The van der Waals surface area contributed by atoms with E-state index in [9.17, 15) is 4.39 Å². The van der Waals surface area contributed by atoms with E-state index in [1.54, 1.807) is 11.9 Å².